The van der Waals surface area contributed by atoms with Crippen molar-refractivity contribution in [2.24, 2.45) is 10.8 Å². The molecule has 0 radical (unpaired) electrons. The van der Waals surface area contributed by atoms with Gasteiger partial charge in [-0.3, -0.25) is 0 Å². The van der Waals surface area contributed by atoms with E-state index in [9.17, 15) is 0 Å². The summed E-state index contributed by atoms with van der Waals surface area (Å²) in [4.78, 5) is 0. The molecule has 0 saturated carbocycles. The fourth-order valence-electron chi connectivity index (χ4n) is 5.05. The molecule has 33 heavy (non-hydrogen) atoms. The Labute approximate surface area is 201 Å². The highest BCUT2D eigenvalue weighted by Crippen LogP contribution is 2.51. The molecular formula is C33H38. The molecule has 0 nitrogen and oxygen atoms in total. The first-order valence-electron chi connectivity index (χ1n) is 11.8. The zero-order chi connectivity index (χ0) is 24.4. The van der Waals surface area contributed by atoms with Gasteiger partial charge in [-0.15, -0.1) is 0 Å². The summed E-state index contributed by atoms with van der Waals surface area (Å²) < 4.78 is 0. The predicted molar refractivity (Wildman–Crippen MR) is 148 cm³/mol. The van der Waals surface area contributed by atoms with E-state index in [0.29, 0.717) is 0 Å². The first kappa shape index (κ1) is 24.5. The van der Waals surface area contributed by atoms with Crippen LogP contribution in [0.4, 0.5) is 0 Å². The van der Waals surface area contributed by atoms with Gasteiger partial charge >= 0.3 is 0 Å². The van der Waals surface area contributed by atoms with Gasteiger partial charge in [-0.1, -0.05) is 127 Å². The first-order valence-corrected chi connectivity index (χ1v) is 11.8. The average molecular weight is 435 g/mol. The highest BCUT2D eigenvalue weighted by Gasteiger charge is 2.37. The highest BCUT2D eigenvalue weighted by atomic mass is 14.4. The normalized spacial score (nSPS) is 18.4. The lowest BCUT2D eigenvalue weighted by atomic mass is 9.80. The topological polar surface area (TPSA) is 0 Å². The van der Waals surface area contributed by atoms with E-state index >= 15 is 0 Å². The number of hydrogen-bond donors (Lipinski definition) is 0. The molecule has 0 aliphatic heterocycles. The van der Waals surface area contributed by atoms with Crippen LogP contribution in [0.2, 0.25) is 0 Å². The molecule has 1 aromatic rings. The smallest absolute Gasteiger partial charge is 0.0155 e. The molecule has 0 spiro atoms. The van der Waals surface area contributed by atoms with Gasteiger partial charge in [0.2, 0.25) is 0 Å². The third-order valence-electron chi connectivity index (χ3n) is 6.80. The van der Waals surface area contributed by atoms with Crippen LogP contribution in [-0.4, -0.2) is 0 Å². The van der Waals surface area contributed by atoms with Gasteiger partial charge in [0, 0.05) is 5.41 Å². The lowest BCUT2D eigenvalue weighted by Crippen LogP contribution is -2.12. The molecular weight excluding hydrogens is 396 g/mol. The van der Waals surface area contributed by atoms with E-state index in [1.54, 1.807) is 0 Å². The lowest BCUT2D eigenvalue weighted by Gasteiger charge is -2.25. The summed E-state index contributed by atoms with van der Waals surface area (Å²) in [6.07, 6.45) is 18.3. The maximum atomic E-state index is 4.36. The van der Waals surface area contributed by atoms with Crippen LogP contribution in [0.5, 0.6) is 0 Å². The Morgan fingerprint density at radius 1 is 0.970 bits per heavy atom. The summed E-state index contributed by atoms with van der Waals surface area (Å²) in [5, 5.41) is 0. The minimum Gasteiger partial charge on any atom is -0.0987 e. The summed E-state index contributed by atoms with van der Waals surface area (Å²) in [7, 11) is 0. The van der Waals surface area contributed by atoms with Crippen molar-refractivity contribution in [3.8, 4) is 0 Å². The molecule has 0 amide bonds. The van der Waals surface area contributed by atoms with Crippen molar-refractivity contribution in [2.75, 3.05) is 0 Å². The van der Waals surface area contributed by atoms with Crippen LogP contribution >= 0.6 is 0 Å². The Morgan fingerprint density at radius 3 is 2.18 bits per heavy atom. The molecule has 0 aromatic heterocycles. The molecule has 3 rings (SSSR count). The second-order valence-electron chi connectivity index (χ2n) is 10.4. The van der Waals surface area contributed by atoms with E-state index in [0.717, 1.165) is 12.0 Å². The van der Waals surface area contributed by atoms with Crippen molar-refractivity contribution in [1.82, 2.24) is 0 Å². The van der Waals surface area contributed by atoms with Crippen molar-refractivity contribution < 1.29 is 0 Å². The molecule has 0 unspecified atom stereocenters. The van der Waals surface area contributed by atoms with Crippen LogP contribution in [0.25, 0.3) is 11.6 Å². The zero-order valence-corrected chi connectivity index (χ0v) is 21.3. The summed E-state index contributed by atoms with van der Waals surface area (Å²) in [6, 6.07) is 8.70. The van der Waals surface area contributed by atoms with Gasteiger partial charge in [0.15, 0.2) is 0 Å². The first-order chi connectivity index (χ1) is 15.5. The summed E-state index contributed by atoms with van der Waals surface area (Å²) in [5.41, 5.74) is 11.2. The number of fused-ring (bicyclic) bond motifs is 1. The highest BCUT2D eigenvalue weighted by molar-refractivity contribution is 5.79. The standard InChI is InChI=1S/C33H38/c1-10-27-28-21-17-25(18-22-31(28)33(8,9)30(27)12-3)14-13-24-15-19-26(20-16-24)23(4)29(11-2)32(5,6)7/h10-17,19-22H,1,3-4,18H2,2,5-9H3/b14-13+,29-11+. The monoisotopic (exact) mass is 434 g/mol. The number of rotatable bonds is 6. The van der Waals surface area contributed by atoms with Crippen molar-refractivity contribution in [3.05, 3.63) is 131 Å². The third-order valence-corrected chi connectivity index (χ3v) is 6.80. The fraction of sp³-hybridized carbons (Fsp3) is 0.273. The van der Waals surface area contributed by atoms with Gasteiger partial charge in [-0.25, -0.2) is 0 Å². The SMILES string of the molecule is C=CC1=C(C=C)C(C)(C)C2=CCC(/C=C/c3ccc(C(=C)/C(=C\C)C(C)(C)C)cc3)=CC=C21. The minimum atomic E-state index is -0.0405. The molecule has 170 valence electrons. The van der Waals surface area contributed by atoms with E-state index in [1.807, 2.05) is 12.2 Å². The van der Waals surface area contributed by atoms with Gasteiger partial charge in [0.1, 0.15) is 0 Å². The number of allylic oxidation sites excluding steroid dienone is 14. The van der Waals surface area contributed by atoms with Gasteiger partial charge in [0.25, 0.3) is 0 Å². The molecule has 0 saturated heterocycles. The van der Waals surface area contributed by atoms with Crippen LogP contribution in [-0.2, 0) is 0 Å². The molecule has 0 N–H and O–H groups in total. The Kier molecular flexibility index (Phi) is 6.98. The van der Waals surface area contributed by atoms with Gasteiger partial charge in [-0.2, -0.15) is 0 Å². The van der Waals surface area contributed by atoms with Crippen molar-refractivity contribution in [3.63, 3.8) is 0 Å². The van der Waals surface area contributed by atoms with Crippen LogP contribution in [0.1, 0.15) is 59.1 Å². The predicted octanol–water partition coefficient (Wildman–Crippen LogP) is 9.60. The molecule has 0 heterocycles. The molecule has 2 aliphatic carbocycles. The number of hydrogen-bond acceptors (Lipinski definition) is 0. The Bertz CT molecular complexity index is 1150. The lowest BCUT2D eigenvalue weighted by molar-refractivity contribution is 0.520. The van der Waals surface area contributed by atoms with Crippen LogP contribution < -0.4 is 0 Å². The van der Waals surface area contributed by atoms with E-state index in [2.05, 4.69) is 122 Å². The van der Waals surface area contributed by atoms with Gasteiger partial charge < -0.3 is 0 Å². The van der Waals surface area contributed by atoms with Crippen molar-refractivity contribution >= 4 is 11.6 Å². The molecule has 2 aliphatic rings. The second-order valence-corrected chi connectivity index (χ2v) is 10.4. The van der Waals surface area contributed by atoms with Crippen LogP contribution in [0.3, 0.4) is 0 Å². The summed E-state index contributed by atoms with van der Waals surface area (Å²) >= 11 is 0. The maximum absolute atomic E-state index is 4.36. The summed E-state index contributed by atoms with van der Waals surface area (Å²) in [5.74, 6) is 0. The third kappa shape index (κ3) is 4.81. The minimum absolute atomic E-state index is 0.0405. The number of benzene rings is 1. The van der Waals surface area contributed by atoms with Gasteiger partial charge in [0.05, 0.1) is 0 Å². The van der Waals surface area contributed by atoms with Crippen LogP contribution in [0, 0.1) is 10.8 Å². The van der Waals surface area contributed by atoms with Gasteiger partial charge in [-0.05, 0) is 68.9 Å². The van der Waals surface area contributed by atoms with Crippen molar-refractivity contribution in [1.29, 1.82) is 0 Å². The molecule has 0 fully saturated rings. The molecule has 1 aromatic carbocycles. The molecule has 0 heteroatoms. The second kappa shape index (κ2) is 9.40. The Hall–Kier alpha value is -3.12. The maximum Gasteiger partial charge on any atom is 0.0155 e. The van der Waals surface area contributed by atoms with E-state index in [4.69, 9.17) is 0 Å². The summed E-state index contributed by atoms with van der Waals surface area (Å²) in [6.45, 7) is 25.8. The van der Waals surface area contributed by atoms with E-state index < -0.39 is 0 Å². The Morgan fingerprint density at radius 2 is 1.64 bits per heavy atom. The molecule has 0 bridgehead atoms. The largest absolute Gasteiger partial charge is 0.0987 e. The van der Waals surface area contributed by atoms with Crippen LogP contribution in [0.15, 0.2) is 120 Å². The van der Waals surface area contributed by atoms with Crippen molar-refractivity contribution in [2.45, 2.75) is 48.0 Å². The fourth-order valence-corrected chi connectivity index (χ4v) is 5.05. The quantitative estimate of drug-likeness (QED) is 0.391. The Balaban J connectivity index is 1.82. The molecule has 0 atom stereocenters. The van der Waals surface area contributed by atoms with E-state index in [1.165, 1.54) is 44.6 Å². The van der Waals surface area contributed by atoms with E-state index in [-0.39, 0.29) is 10.8 Å². The average Bonchev–Trinajstić information content (AvgIpc) is 2.88. The zero-order valence-electron chi connectivity index (χ0n) is 21.3.